The second-order valence-corrected chi connectivity index (χ2v) is 6.26. The minimum absolute atomic E-state index is 0.0125. The van der Waals surface area contributed by atoms with Gasteiger partial charge in [0.15, 0.2) is 0 Å². The average molecular weight is 351 g/mol. The quantitative estimate of drug-likeness (QED) is 0.825. The van der Waals surface area contributed by atoms with Gasteiger partial charge in [0, 0.05) is 42.3 Å². The molecule has 1 aliphatic heterocycles. The zero-order chi connectivity index (χ0) is 17.4. The Morgan fingerprint density at radius 2 is 1.28 bits per heavy atom. The Balaban J connectivity index is 1.66. The molecule has 0 N–H and O–H groups in total. The molecule has 0 aromatic heterocycles. The van der Waals surface area contributed by atoms with Crippen molar-refractivity contribution in [1.29, 1.82) is 0 Å². The molecule has 0 amide bonds. The molecule has 0 bridgehead atoms. The molecule has 2 aromatic rings. The van der Waals surface area contributed by atoms with E-state index in [0.717, 1.165) is 5.69 Å². The van der Waals surface area contributed by atoms with E-state index in [9.17, 15) is 9.59 Å². The van der Waals surface area contributed by atoms with Gasteiger partial charge in [-0.15, -0.1) is 0 Å². The van der Waals surface area contributed by atoms with Gasteiger partial charge in [-0.2, -0.15) is 0 Å². The minimum atomic E-state index is -0.300. The molecule has 4 rings (SSSR count). The standard InChI is InChI=1S/C20H15ClN2O2/c21-17-18(20(25)16-9-5-4-8-15(16)19(17)24)23-12-10-22(11-13-23)14-6-2-1-3-7-14/h1-10,12H,11,13H2. The lowest BCUT2D eigenvalue weighted by molar-refractivity contribution is 0.0957. The van der Waals surface area contributed by atoms with Crippen molar-refractivity contribution >= 4 is 28.9 Å². The van der Waals surface area contributed by atoms with Crippen LogP contribution in [0.2, 0.25) is 0 Å². The number of ketones is 2. The van der Waals surface area contributed by atoms with Gasteiger partial charge in [0.2, 0.25) is 11.6 Å². The number of carbonyl (C=O) groups excluding carboxylic acids is 2. The third-order valence-corrected chi connectivity index (χ3v) is 4.77. The van der Waals surface area contributed by atoms with Crippen LogP contribution in [0.1, 0.15) is 20.7 Å². The summed E-state index contributed by atoms with van der Waals surface area (Å²) < 4.78 is 0. The van der Waals surface area contributed by atoms with Gasteiger partial charge in [0.05, 0.1) is 0 Å². The maximum atomic E-state index is 12.8. The second-order valence-electron chi connectivity index (χ2n) is 5.89. The number of hydrogen-bond acceptors (Lipinski definition) is 4. The number of hydrogen-bond donors (Lipinski definition) is 0. The summed E-state index contributed by atoms with van der Waals surface area (Å²) in [5.41, 5.74) is 2.11. The number of halogens is 1. The van der Waals surface area contributed by atoms with Gasteiger partial charge in [-0.1, -0.05) is 54.1 Å². The first-order valence-corrected chi connectivity index (χ1v) is 8.39. The van der Waals surface area contributed by atoms with Gasteiger partial charge in [-0.05, 0) is 12.1 Å². The van der Waals surface area contributed by atoms with E-state index in [-0.39, 0.29) is 22.3 Å². The first-order valence-electron chi connectivity index (χ1n) is 8.01. The molecular weight excluding hydrogens is 336 g/mol. The minimum Gasteiger partial charge on any atom is -0.345 e. The number of nitrogens with zero attached hydrogens (tertiary/aromatic N) is 2. The molecule has 4 nitrogen and oxygen atoms in total. The number of Topliss-reactive ketones (excluding diaryl/α,β-unsaturated/α-hetero) is 2. The molecule has 25 heavy (non-hydrogen) atoms. The molecule has 2 aromatic carbocycles. The van der Waals surface area contributed by atoms with E-state index in [1.165, 1.54) is 0 Å². The molecule has 0 saturated heterocycles. The van der Waals surface area contributed by atoms with Crippen molar-refractivity contribution in [3.8, 4) is 0 Å². The van der Waals surface area contributed by atoms with Crippen LogP contribution in [-0.2, 0) is 0 Å². The van der Waals surface area contributed by atoms with Crippen molar-refractivity contribution in [3.05, 3.63) is 88.9 Å². The molecule has 0 unspecified atom stereocenters. The topological polar surface area (TPSA) is 40.6 Å². The average Bonchev–Trinajstić information content (AvgIpc) is 2.68. The molecule has 5 heteroatoms. The van der Waals surface area contributed by atoms with Gasteiger partial charge in [0.25, 0.3) is 0 Å². The first-order chi connectivity index (χ1) is 12.2. The van der Waals surface area contributed by atoms with Crippen molar-refractivity contribution in [3.63, 3.8) is 0 Å². The third kappa shape index (κ3) is 2.65. The van der Waals surface area contributed by atoms with Crippen LogP contribution in [0.4, 0.5) is 5.69 Å². The van der Waals surface area contributed by atoms with E-state index in [1.807, 2.05) is 36.5 Å². The Morgan fingerprint density at radius 3 is 1.92 bits per heavy atom. The highest BCUT2D eigenvalue weighted by molar-refractivity contribution is 6.49. The number of fused-ring (bicyclic) bond motifs is 1. The fraction of sp³-hybridized carbons (Fsp3) is 0.100. The van der Waals surface area contributed by atoms with Crippen LogP contribution in [0, 0.1) is 0 Å². The number of allylic oxidation sites excluding steroid dienone is 2. The maximum absolute atomic E-state index is 12.8. The van der Waals surface area contributed by atoms with Gasteiger partial charge in [0.1, 0.15) is 10.7 Å². The summed E-state index contributed by atoms with van der Waals surface area (Å²) >= 11 is 6.26. The lowest BCUT2D eigenvalue weighted by Crippen LogP contribution is -2.38. The van der Waals surface area contributed by atoms with Crippen LogP contribution < -0.4 is 4.90 Å². The van der Waals surface area contributed by atoms with Crippen LogP contribution in [0.5, 0.6) is 0 Å². The maximum Gasteiger partial charge on any atom is 0.211 e. The molecule has 0 atom stereocenters. The zero-order valence-corrected chi connectivity index (χ0v) is 14.1. The number of para-hydroxylation sites is 1. The summed E-state index contributed by atoms with van der Waals surface area (Å²) in [4.78, 5) is 29.2. The smallest absolute Gasteiger partial charge is 0.211 e. The highest BCUT2D eigenvalue weighted by Crippen LogP contribution is 2.31. The fourth-order valence-electron chi connectivity index (χ4n) is 3.14. The predicted octanol–water partition coefficient (Wildman–Crippen LogP) is 3.81. The summed E-state index contributed by atoms with van der Waals surface area (Å²) in [6.07, 6.45) is 3.70. The van der Waals surface area contributed by atoms with Crippen molar-refractivity contribution in [1.82, 2.24) is 4.90 Å². The monoisotopic (exact) mass is 350 g/mol. The lowest BCUT2D eigenvalue weighted by atomic mass is 9.92. The largest absolute Gasteiger partial charge is 0.345 e. The summed E-state index contributed by atoms with van der Waals surface area (Å²) in [6.45, 7) is 1.26. The van der Waals surface area contributed by atoms with Crippen LogP contribution >= 0.6 is 11.6 Å². The summed E-state index contributed by atoms with van der Waals surface area (Å²) in [7, 11) is 0. The van der Waals surface area contributed by atoms with Crippen molar-refractivity contribution < 1.29 is 9.59 Å². The van der Waals surface area contributed by atoms with Crippen molar-refractivity contribution in [2.75, 3.05) is 18.0 Å². The van der Waals surface area contributed by atoms with Gasteiger partial charge < -0.3 is 9.80 Å². The van der Waals surface area contributed by atoms with E-state index >= 15 is 0 Å². The van der Waals surface area contributed by atoms with Crippen LogP contribution in [0.3, 0.4) is 0 Å². The Hall–Kier alpha value is -2.85. The zero-order valence-electron chi connectivity index (χ0n) is 13.4. The molecule has 1 aliphatic carbocycles. The predicted molar refractivity (Wildman–Crippen MR) is 97.6 cm³/mol. The molecule has 0 spiro atoms. The normalized spacial score (nSPS) is 17.2. The lowest BCUT2D eigenvalue weighted by Gasteiger charge is -2.33. The number of rotatable bonds is 2. The molecule has 1 heterocycles. The van der Waals surface area contributed by atoms with Gasteiger partial charge in [-0.25, -0.2) is 0 Å². The van der Waals surface area contributed by atoms with Crippen LogP contribution in [0.15, 0.2) is 77.7 Å². The van der Waals surface area contributed by atoms with E-state index < -0.39 is 0 Å². The third-order valence-electron chi connectivity index (χ3n) is 4.42. The van der Waals surface area contributed by atoms with E-state index in [0.29, 0.717) is 24.2 Å². The van der Waals surface area contributed by atoms with Crippen molar-refractivity contribution in [2.24, 2.45) is 0 Å². The molecule has 0 radical (unpaired) electrons. The molecule has 2 aliphatic rings. The summed E-state index contributed by atoms with van der Waals surface area (Å²) in [6, 6.07) is 16.8. The first kappa shape index (κ1) is 15.7. The highest BCUT2D eigenvalue weighted by Gasteiger charge is 2.34. The Bertz CT molecular complexity index is 918. The van der Waals surface area contributed by atoms with Crippen molar-refractivity contribution in [2.45, 2.75) is 0 Å². The fourth-order valence-corrected chi connectivity index (χ4v) is 3.43. The Morgan fingerprint density at radius 1 is 0.720 bits per heavy atom. The van der Waals surface area contributed by atoms with E-state index in [2.05, 4.69) is 4.90 Å². The SMILES string of the molecule is O=C1C(Cl)=C(N2C=CN(c3ccccc3)CC2)C(=O)c2ccccc21. The summed E-state index contributed by atoms with van der Waals surface area (Å²) in [5, 5.41) is -0.0125. The number of anilines is 1. The molecule has 124 valence electrons. The molecule has 0 saturated carbocycles. The molecular formula is C20H15ClN2O2. The Kier molecular flexibility index (Phi) is 3.90. The highest BCUT2D eigenvalue weighted by atomic mass is 35.5. The van der Waals surface area contributed by atoms with E-state index in [1.54, 1.807) is 35.4 Å². The Labute approximate surface area is 150 Å². The molecule has 0 fully saturated rings. The number of carbonyl (C=O) groups is 2. The van der Waals surface area contributed by atoms with Gasteiger partial charge in [-0.3, -0.25) is 9.59 Å². The summed E-state index contributed by atoms with van der Waals surface area (Å²) in [5.74, 6) is -0.510. The second kappa shape index (κ2) is 6.22. The van der Waals surface area contributed by atoms with Crippen LogP contribution in [0.25, 0.3) is 0 Å². The van der Waals surface area contributed by atoms with E-state index in [4.69, 9.17) is 11.6 Å². The van der Waals surface area contributed by atoms with Gasteiger partial charge >= 0.3 is 0 Å². The van der Waals surface area contributed by atoms with Crippen LogP contribution in [-0.4, -0.2) is 29.6 Å². The number of benzene rings is 2.